The molecule has 0 fully saturated rings. The number of benzene rings is 2. The number of rotatable bonds is 3. The van der Waals surface area contributed by atoms with Crippen LogP contribution >= 0.6 is 11.6 Å². The van der Waals surface area contributed by atoms with Crippen LogP contribution in [-0.2, 0) is 7.05 Å². The van der Waals surface area contributed by atoms with Gasteiger partial charge in [0.05, 0.1) is 5.39 Å². The van der Waals surface area contributed by atoms with E-state index in [0.29, 0.717) is 5.03 Å². The summed E-state index contributed by atoms with van der Waals surface area (Å²) in [5.41, 5.74) is 5.90. The van der Waals surface area contributed by atoms with Gasteiger partial charge in [-0.15, -0.1) is 0 Å². The standard InChI is InChI=1S/C25H22ClN2.HI/c1-27-17-15-19(22-7-3-5-9-24(22)27)11-13-21(26)14-12-20-16-18-28(2)25-10-6-4-8-23(20)25;/h3-18H,1-2H3;1H/q+1;/p-1. The fourth-order valence-electron chi connectivity index (χ4n) is 3.46. The Kier molecular flexibility index (Phi) is 6.93. The number of anilines is 1. The number of nitrogens with zero attached hydrogens (tertiary/aromatic N) is 2. The van der Waals surface area contributed by atoms with Crippen molar-refractivity contribution >= 4 is 39.8 Å². The highest BCUT2D eigenvalue weighted by atomic mass is 127. The minimum absolute atomic E-state index is 0. The van der Waals surface area contributed by atoms with E-state index in [-0.39, 0.29) is 24.0 Å². The molecule has 1 aliphatic heterocycles. The highest BCUT2D eigenvalue weighted by Gasteiger charge is 2.11. The molecule has 0 bridgehead atoms. The maximum atomic E-state index is 6.48. The molecule has 0 spiro atoms. The lowest BCUT2D eigenvalue weighted by molar-refractivity contribution is -0.644. The third-order valence-corrected chi connectivity index (χ3v) is 5.24. The Bertz CT molecular complexity index is 1160. The van der Waals surface area contributed by atoms with Crippen molar-refractivity contribution in [3.63, 3.8) is 0 Å². The summed E-state index contributed by atoms with van der Waals surface area (Å²) in [6.45, 7) is 0. The lowest BCUT2D eigenvalue weighted by atomic mass is 10.00. The first-order chi connectivity index (χ1) is 13.6. The van der Waals surface area contributed by atoms with Crippen LogP contribution in [-0.4, -0.2) is 7.05 Å². The van der Waals surface area contributed by atoms with Gasteiger partial charge in [0.2, 0.25) is 5.52 Å². The second-order valence-corrected chi connectivity index (χ2v) is 7.29. The molecule has 0 saturated carbocycles. The monoisotopic (exact) mass is 512 g/mol. The number of aromatic nitrogens is 1. The van der Waals surface area contributed by atoms with Crippen LogP contribution in [0.25, 0.3) is 22.6 Å². The van der Waals surface area contributed by atoms with Gasteiger partial charge in [-0.2, -0.15) is 0 Å². The van der Waals surface area contributed by atoms with Crippen LogP contribution in [0.2, 0.25) is 0 Å². The Hall–Kier alpha value is -2.37. The summed E-state index contributed by atoms with van der Waals surface area (Å²) in [4.78, 5) is 2.12. The van der Waals surface area contributed by atoms with E-state index in [0.717, 1.165) is 11.1 Å². The summed E-state index contributed by atoms with van der Waals surface area (Å²) < 4.78 is 2.12. The zero-order valence-electron chi connectivity index (χ0n) is 16.4. The highest BCUT2D eigenvalue weighted by molar-refractivity contribution is 6.31. The summed E-state index contributed by atoms with van der Waals surface area (Å²) in [6.07, 6.45) is 14.3. The van der Waals surface area contributed by atoms with Crippen LogP contribution in [0.15, 0.2) is 96.3 Å². The SMILES string of the molecule is CN1C=C/C(=C/C=C(Cl)/C=C/c2cc[n+](C)c3ccccc23)c2ccccc21.[I-]. The van der Waals surface area contributed by atoms with E-state index in [4.69, 9.17) is 11.6 Å². The molecule has 29 heavy (non-hydrogen) atoms. The fraction of sp³-hybridized carbons (Fsp3) is 0.0800. The third-order valence-electron chi connectivity index (χ3n) is 4.99. The summed E-state index contributed by atoms with van der Waals surface area (Å²) in [7, 11) is 4.11. The van der Waals surface area contributed by atoms with Crippen molar-refractivity contribution in [2.75, 3.05) is 11.9 Å². The molecule has 2 aromatic carbocycles. The van der Waals surface area contributed by atoms with Gasteiger partial charge in [0, 0.05) is 41.7 Å². The molecule has 0 N–H and O–H groups in total. The van der Waals surface area contributed by atoms with Crippen LogP contribution in [0, 0.1) is 0 Å². The zero-order valence-corrected chi connectivity index (χ0v) is 19.3. The topological polar surface area (TPSA) is 7.12 Å². The molecule has 146 valence electrons. The number of allylic oxidation sites excluding steroid dienone is 6. The molecule has 0 saturated heterocycles. The van der Waals surface area contributed by atoms with Gasteiger partial charge in [0.1, 0.15) is 7.05 Å². The van der Waals surface area contributed by atoms with Crippen molar-refractivity contribution in [1.29, 1.82) is 0 Å². The van der Waals surface area contributed by atoms with Crippen LogP contribution in [0.5, 0.6) is 0 Å². The van der Waals surface area contributed by atoms with Gasteiger partial charge in [0.25, 0.3) is 0 Å². The van der Waals surface area contributed by atoms with Crippen molar-refractivity contribution in [3.8, 4) is 0 Å². The smallest absolute Gasteiger partial charge is 0.212 e. The summed E-state index contributed by atoms with van der Waals surface area (Å²) in [5, 5.41) is 1.90. The third kappa shape index (κ3) is 4.62. The van der Waals surface area contributed by atoms with Gasteiger partial charge >= 0.3 is 0 Å². The number of para-hydroxylation sites is 2. The van der Waals surface area contributed by atoms with E-state index >= 15 is 0 Å². The van der Waals surface area contributed by atoms with E-state index in [1.54, 1.807) is 0 Å². The Morgan fingerprint density at radius 2 is 1.79 bits per heavy atom. The zero-order chi connectivity index (χ0) is 19.5. The molecule has 0 radical (unpaired) electrons. The maximum Gasteiger partial charge on any atom is 0.212 e. The number of pyridine rings is 1. The molecule has 1 aromatic heterocycles. The Morgan fingerprint density at radius 3 is 2.66 bits per heavy atom. The molecular weight excluding hydrogens is 491 g/mol. The second kappa shape index (κ2) is 9.42. The fourth-order valence-corrected chi connectivity index (χ4v) is 3.59. The van der Waals surface area contributed by atoms with E-state index in [2.05, 4.69) is 109 Å². The lowest BCUT2D eigenvalue weighted by Crippen LogP contribution is -3.00. The van der Waals surface area contributed by atoms with E-state index in [9.17, 15) is 0 Å². The van der Waals surface area contributed by atoms with Gasteiger partial charge in [-0.05, 0) is 41.5 Å². The summed E-state index contributed by atoms with van der Waals surface area (Å²) >= 11 is 6.48. The van der Waals surface area contributed by atoms with Crippen LogP contribution in [0.3, 0.4) is 0 Å². The Labute approximate surface area is 194 Å². The molecule has 0 aliphatic carbocycles. The maximum absolute atomic E-state index is 6.48. The van der Waals surface area contributed by atoms with E-state index in [1.165, 1.54) is 22.2 Å². The molecular formula is C25H22ClIN2. The quantitative estimate of drug-likeness (QED) is 0.297. The first kappa shape index (κ1) is 21.3. The van der Waals surface area contributed by atoms with E-state index in [1.807, 2.05) is 12.2 Å². The summed E-state index contributed by atoms with van der Waals surface area (Å²) in [5.74, 6) is 0. The Morgan fingerprint density at radius 1 is 1.03 bits per heavy atom. The van der Waals surface area contributed by atoms with Crippen molar-refractivity contribution in [2.24, 2.45) is 7.05 Å². The average molecular weight is 513 g/mol. The van der Waals surface area contributed by atoms with Gasteiger partial charge < -0.3 is 28.9 Å². The number of hydrogen-bond donors (Lipinski definition) is 0. The van der Waals surface area contributed by atoms with Gasteiger partial charge in [0.15, 0.2) is 6.20 Å². The number of fused-ring (bicyclic) bond motifs is 2. The first-order valence-corrected chi connectivity index (χ1v) is 9.65. The predicted octanol–water partition coefficient (Wildman–Crippen LogP) is 2.85. The average Bonchev–Trinajstić information content (AvgIpc) is 2.73. The predicted molar refractivity (Wildman–Crippen MR) is 120 cm³/mol. The largest absolute Gasteiger partial charge is 1.00 e. The molecule has 4 heteroatoms. The lowest BCUT2D eigenvalue weighted by Gasteiger charge is -2.23. The number of hydrogen-bond acceptors (Lipinski definition) is 1. The second-order valence-electron chi connectivity index (χ2n) is 6.85. The van der Waals surface area contributed by atoms with Gasteiger partial charge in [-0.3, -0.25) is 0 Å². The molecule has 2 heterocycles. The molecule has 2 nitrogen and oxygen atoms in total. The minimum Gasteiger partial charge on any atom is -1.00 e. The molecule has 0 atom stereocenters. The van der Waals surface area contributed by atoms with Gasteiger partial charge in [-0.1, -0.05) is 54.1 Å². The number of aryl methyl sites for hydroxylation is 1. The van der Waals surface area contributed by atoms with Crippen molar-refractivity contribution < 1.29 is 28.5 Å². The van der Waals surface area contributed by atoms with Crippen molar-refractivity contribution in [3.05, 3.63) is 107 Å². The normalized spacial score (nSPS) is 15.1. The highest BCUT2D eigenvalue weighted by Crippen LogP contribution is 2.31. The first-order valence-electron chi connectivity index (χ1n) is 9.27. The van der Waals surface area contributed by atoms with Gasteiger partial charge in [-0.25, -0.2) is 4.57 Å². The van der Waals surface area contributed by atoms with Crippen LogP contribution in [0.1, 0.15) is 11.1 Å². The Balaban J connectivity index is 0.00000240. The van der Waals surface area contributed by atoms with Crippen LogP contribution in [0.4, 0.5) is 5.69 Å². The van der Waals surface area contributed by atoms with Crippen molar-refractivity contribution in [2.45, 2.75) is 0 Å². The molecule has 0 unspecified atom stereocenters. The molecule has 3 aromatic rings. The molecule has 4 rings (SSSR count). The minimum atomic E-state index is 0. The number of halogens is 2. The van der Waals surface area contributed by atoms with Crippen molar-refractivity contribution in [1.82, 2.24) is 0 Å². The van der Waals surface area contributed by atoms with Crippen LogP contribution < -0.4 is 33.4 Å². The molecule has 1 aliphatic rings. The molecule has 0 amide bonds. The summed E-state index contributed by atoms with van der Waals surface area (Å²) in [6, 6.07) is 18.9. The van der Waals surface area contributed by atoms with E-state index < -0.39 is 0 Å².